The fourth-order valence-corrected chi connectivity index (χ4v) is 2.02. The number of halogens is 1. The molecule has 0 radical (unpaired) electrons. The summed E-state index contributed by atoms with van der Waals surface area (Å²) in [5, 5.41) is 2.82. The van der Waals surface area contributed by atoms with Crippen LogP contribution in [0.3, 0.4) is 0 Å². The molecule has 0 aliphatic carbocycles. The minimum atomic E-state index is -0.965. The Morgan fingerprint density at radius 1 is 1.47 bits per heavy atom. The molecule has 0 amide bonds. The van der Waals surface area contributed by atoms with Crippen LogP contribution in [0, 0.1) is 0 Å². The Morgan fingerprint density at radius 3 is 3.00 bits per heavy atom. The zero-order valence-corrected chi connectivity index (χ0v) is 9.02. The summed E-state index contributed by atoms with van der Waals surface area (Å²) in [6, 6.07) is 6.64. The van der Waals surface area contributed by atoms with Crippen molar-refractivity contribution in [2.75, 3.05) is 6.54 Å². The van der Waals surface area contributed by atoms with Crippen molar-refractivity contribution in [1.29, 1.82) is 0 Å². The van der Waals surface area contributed by atoms with Crippen LogP contribution in [0.15, 0.2) is 28.7 Å². The first-order valence-corrected chi connectivity index (χ1v) is 5.51. The van der Waals surface area contributed by atoms with Gasteiger partial charge in [0.25, 0.3) is 5.89 Å². The van der Waals surface area contributed by atoms with Gasteiger partial charge >= 0.3 is 0 Å². The maximum Gasteiger partial charge on any atom is 0.265 e. The molecule has 1 aromatic heterocycles. The first-order chi connectivity index (χ1) is 8.24. The Morgan fingerprint density at radius 2 is 2.29 bits per heavy atom. The number of para-hydroxylation sites is 2. The number of fused-ring (bicyclic) bond motifs is 1. The molecule has 0 unspecified atom stereocenters. The molecule has 88 valence electrons. The molecule has 5 heteroatoms. The Bertz CT molecular complexity index is 533. The van der Waals surface area contributed by atoms with Crippen molar-refractivity contribution >= 4 is 16.9 Å². The van der Waals surface area contributed by atoms with E-state index in [1.54, 1.807) is 12.1 Å². The lowest BCUT2D eigenvalue weighted by atomic mass is 10.1. The molecule has 1 aliphatic rings. The number of ketones is 1. The number of hydrogen-bond donors (Lipinski definition) is 1. The van der Waals surface area contributed by atoms with Crippen LogP contribution in [0.1, 0.15) is 17.1 Å². The van der Waals surface area contributed by atoms with E-state index >= 15 is 0 Å². The summed E-state index contributed by atoms with van der Waals surface area (Å²) in [6.07, 6.45) is -0.772. The van der Waals surface area contributed by atoms with E-state index in [1.165, 1.54) is 0 Å². The van der Waals surface area contributed by atoms with Crippen LogP contribution in [0.2, 0.25) is 0 Å². The highest BCUT2D eigenvalue weighted by molar-refractivity contribution is 5.98. The lowest BCUT2D eigenvalue weighted by molar-refractivity contribution is 0.0917. The first kappa shape index (κ1) is 10.4. The molecule has 1 aliphatic heterocycles. The molecular weight excluding hydrogens is 223 g/mol. The SMILES string of the molecule is O=C(c1nc2ccccc2o1)[C@@H]1C[C@H](F)CN1. The predicted octanol–water partition coefficient (Wildman–Crippen LogP) is 1.71. The van der Waals surface area contributed by atoms with Crippen LogP contribution in [-0.4, -0.2) is 29.5 Å². The van der Waals surface area contributed by atoms with Gasteiger partial charge in [0.2, 0.25) is 5.78 Å². The summed E-state index contributed by atoms with van der Waals surface area (Å²) in [5.74, 6) is -0.223. The molecule has 0 spiro atoms. The third-order valence-electron chi connectivity index (χ3n) is 2.90. The van der Waals surface area contributed by atoms with E-state index < -0.39 is 12.2 Å². The first-order valence-electron chi connectivity index (χ1n) is 5.51. The third kappa shape index (κ3) is 1.82. The van der Waals surface area contributed by atoms with Crippen LogP contribution in [-0.2, 0) is 0 Å². The second kappa shape index (κ2) is 3.92. The van der Waals surface area contributed by atoms with E-state index in [4.69, 9.17) is 4.42 Å². The lowest BCUT2D eigenvalue weighted by Gasteiger charge is -2.03. The average molecular weight is 234 g/mol. The van der Waals surface area contributed by atoms with Crippen molar-refractivity contribution in [3.05, 3.63) is 30.2 Å². The van der Waals surface area contributed by atoms with Crippen molar-refractivity contribution in [2.45, 2.75) is 18.6 Å². The fraction of sp³-hybridized carbons (Fsp3) is 0.333. The number of benzene rings is 1. The fourth-order valence-electron chi connectivity index (χ4n) is 2.02. The van der Waals surface area contributed by atoms with Crippen LogP contribution >= 0.6 is 0 Å². The molecule has 2 heterocycles. The Balaban J connectivity index is 1.90. The van der Waals surface area contributed by atoms with Crippen molar-refractivity contribution in [2.24, 2.45) is 0 Å². The minimum absolute atomic E-state index is 0.0535. The van der Waals surface area contributed by atoms with Crippen LogP contribution in [0.25, 0.3) is 11.1 Å². The highest BCUT2D eigenvalue weighted by Crippen LogP contribution is 2.19. The molecule has 3 rings (SSSR count). The molecule has 2 aromatic rings. The summed E-state index contributed by atoms with van der Waals surface area (Å²) >= 11 is 0. The summed E-state index contributed by atoms with van der Waals surface area (Å²) < 4.78 is 18.3. The van der Waals surface area contributed by atoms with Crippen molar-refractivity contribution in [3.63, 3.8) is 0 Å². The Labute approximate surface area is 96.8 Å². The standard InChI is InChI=1S/C12H11FN2O2/c13-7-5-9(14-6-7)11(16)12-15-8-3-1-2-4-10(8)17-12/h1-4,7,9,14H,5-6H2/t7-,9-/m0/s1. The number of nitrogens with zero attached hydrogens (tertiary/aromatic N) is 1. The van der Waals surface area contributed by atoms with Gasteiger partial charge in [-0.1, -0.05) is 12.1 Å². The molecule has 0 saturated carbocycles. The van der Waals surface area contributed by atoms with E-state index in [0.717, 1.165) is 0 Å². The zero-order chi connectivity index (χ0) is 11.8. The van der Waals surface area contributed by atoms with Gasteiger partial charge in [0, 0.05) is 13.0 Å². The molecule has 1 fully saturated rings. The monoisotopic (exact) mass is 234 g/mol. The number of alkyl halides is 1. The van der Waals surface area contributed by atoms with E-state index in [1.807, 2.05) is 12.1 Å². The predicted molar refractivity (Wildman–Crippen MR) is 59.6 cm³/mol. The second-order valence-electron chi connectivity index (χ2n) is 4.14. The highest BCUT2D eigenvalue weighted by atomic mass is 19.1. The van der Waals surface area contributed by atoms with Crippen molar-refractivity contribution in [1.82, 2.24) is 10.3 Å². The average Bonchev–Trinajstić information content (AvgIpc) is 2.93. The van der Waals surface area contributed by atoms with E-state index in [9.17, 15) is 9.18 Å². The number of carbonyl (C=O) groups excluding carboxylic acids is 1. The summed E-state index contributed by atoms with van der Waals surface area (Å²) in [4.78, 5) is 16.1. The van der Waals surface area contributed by atoms with Gasteiger partial charge in [-0.3, -0.25) is 4.79 Å². The van der Waals surface area contributed by atoms with Gasteiger partial charge in [0.15, 0.2) is 5.58 Å². The quantitative estimate of drug-likeness (QED) is 0.804. The van der Waals surface area contributed by atoms with Gasteiger partial charge in [-0.05, 0) is 12.1 Å². The molecule has 0 bridgehead atoms. The van der Waals surface area contributed by atoms with Crippen LogP contribution in [0.5, 0.6) is 0 Å². The smallest absolute Gasteiger partial charge is 0.265 e. The number of hydrogen-bond acceptors (Lipinski definition) is 4. The van der Waals surface area contributed by atoms with Crippen LogP contribution in [0.4, 0.5) is 4.39 Å². The Hall–Kier alpha value is -1.75. The van der Waals surface area contributed by atoms with Gasteiger partial charge < -0.3 is 9.73 Å². The lowest BCUT2D eigenvalue weighted by Crippen LogP contribution is -2.30. The normalized spacial score (nSPS) is 24.3. The van der Waals surface area contributed by atoms with E-state index in [0.29, 0.717) is 11.1 Å². The van der Waals surface area contributed by atoms with Crippen LogP contribution < -0.4 is 5.32 Å². The van der Waals surface area contributed by atoms with Gasteiger partial charge in [-0.15, -0.1) is 0 Å². The molecule has 1 N–H and O–H groups in total. The van der Waals surface area contributed by atoms with E-state index in [2.05, 4.69) is 10.3 Å². The summed E-state index contributed by atoms with van der Waals surface area (Å²) in [5.41, 5.74) is 1.22. The number of aromatic nitrogens is 1. The number of rotatable bonds is 2. The molecule has 1 aromatic carbocycles. The van der Waals surface area contributed by atoms with Crippen molar-refractivity contribution < 1.29 is 13.6 Å². The number of carbonyl (C=O) groups is 1. The Kier molecular flexibility index (Phi) is 2.40. The minimum Gasteiger partial charge on any atom is -0.434 e. The van der Waals surface area contributed by atoms with Gasteiger partial charge in [-0.2, -0.15) is 0 Å². The molecule has 4 nitrogen and oxygen atoms in total. The summed E-state index contributed by atoms with van der Waals surface area (Å²) in [6.45, 7) is 0.219. The maximum absolute atomic E-state index is 13.0. The number of nitrogens with one attached hydrogen (secondary N) is 1. The molecular formula is C12H11FN2O2. The molecule has 2 atom stereocenters. The van der Waals surface area contributed by atoms with Gasteiger partial charge in [0.05, 0.1) is 6.04 Å². The van der Waals surface area contributed by atoms with E-state index in [-0.39, 0.29) is 24.6 Å². The van der Waals surface area contributed by atoms with Crippen molar-refractivity contribution in [3.8, 4) is 0 Å². The zero-order valence-electron chi connectivity index (χ0n) is 9.02. The molecule has 17 heavy (non-hydrogen) atoms. The molecule has 1 saturated heterocycles. The van der Waals surface area contributed by atoms with Gasteiger partial charge in [0.1, 0.15) is 11.7 Å². The maximum atomic E-state index is 13.0. The summed E-state index contributed by atoms with van der Waals surface area (Å²) in [7, 11) is 0. The highest BCUT2D eigenvalue weighted by Gasteiger charge is 2.32. The van der Waals surface area contributed by atoms with Gasteiger partial charge in [-0.25, -0.2) is 9.37 Å². The number of Topliss-reactive ketones (excluding diaryl/α,β-unsaturated/α-hetero) is 1. The largest absolute Gasteiger partial charge is 0.434 e. The number of oxazole rings is 1. The topological polar surface area (TPSA) is 55.1 Å². The third-order valence-corrected chi connectivity index (χ3v) is 2.90. The second-order valence-corrected chi connectivity index (χ2v) is 4.14.